The highest BCUT2D eigenvalue weighted by Gasteiger charge is 2.34. The van der Waals surface area contributed by atoms with Crippen LogP contribution in [0, 0.1) is 5.82 Å². The predicted molar refractivity (Wildman–Crippen MR) is 99.5 cm³/mol. The smallest absolute Gasteiger partial charge is 0.387 e. The normalized spacial score (nSPS) is 16.2. The fourth-order valence-electron chi connectivity index (χ4n) is 3.60. The minimum Gasteiger partial charge on any atom is -0.493 e. The molecule has 152 valence electrons. The average Bonchev–Trinajstić information content (AvgIpc) is 2.69. The molecule has 1 aliphatic rings. The van der Waals surface area contributed by atoms with Gasteiger partial charge in [0, 0.05) is 31.7 Å². The topological polar surface area (TPSA) is 39.7 Å². The number of nitrogens with one attached hydrogen (secondary N) is 1. The van der Waals surface area contributed by atoms with Crippen molar-refractivity contribution in [1.82, 2.24) is 5.32 Å². The fourth-order valence-corrected chi connectivity index (χ4v) is 3.60. The maximum Gasteiger partial charge on any atom is 0.387 e. The van der Waals surface area contributed by atoms with Crippen LogP contribution in [0.1, 0.15) is 24.0 Å². The first-order valence-corrected chi connectivity index (χ1v) is 9.19. The van der Waals surface area contributed by atoms with Gasteiger partial charge in [-0.15, -0.1) is 0 Å². The lowest BCUT2D eigenvalue weighted by atomic mass is 9.74. The Balaban J connectivity index is 1.70. The van der Waals surface area contributed by atoms with Crippen molar-refractivity contribution < 1.29 is 27.4 Å². The highest BCUT2D eigenvalue weighted by Crippen LogP contribution is 2.35. The SMILES string of the molecule is COc1ccc(CNCC2(c3ccc(F)cc3)CCOCC2)cc1OC(F)F. The first kappa shape index (κ1) is 20.5. The number of methoxy groups -OCH3 is 1. The summed E-state index contributed by atoms with van der Waals surface area (Å²) < 4.78 is 53.6. The third kappa shape index (κ3) is 4.97. The Morgan fingerprint density at radius 2 is 1.79 bits per heavy atom. The van der Waals surface area contributed by atoms with Crippen molar-refractivity contribution >= 4 is 0 Å². The fraction of sp³-hybridized carbons (Fsp3) is 0.429. The third-order valence-electron chi connectivity index (χ3n) is 5.14. The molecule has 0 aromatic heterocycles. The first-order chi connectivity index (χ1) is 13.5. The van der Waals surface area contributed by atoms with Gasteiger partial charge in [-0.2, -0.15) is 8.78 Å². The largest absolute Gasteiger partial charge is 0.493 e. The van der Waals surface area contributed by atoms with E-state index in [0.29, 0.717) is 26.3 Å². The number of rotatable bonds is 8. The van der Waals surface area contributed by atoms with Crippen LogP contribution in [-0.2, 0) is 16.7 Å². The third-order valence-corrected chi connectivity index (χ3v) is 5.14. The van der Waals surface area contributed by atoms with Gasteiger partial charge in [-0.1, -0.05) is 18.2 Å². The summed E-state index contributed by atoms with van der Waals surface area (Å²) in [5.41, 5.74) is 1.72. The van der Waals surface area contributed by atoms with Crippen LogP contribution in [0.5, 0.6) is 11.5 Å². The molecule has 0 spiro atoms. The van der Waals surface area contributed by atoms with Crippen molar-refractivity contribution in [2.45, 2.75) is 31.4 Å². The minimum absolute atomic E-state index is 0.0103. The molecule has 1 saturated heterocycles. The van der Waals surface area contributed by atoms with Crippen molar-refractivity contribution in [2.24, 2.45) is 0 Å². The number of alkyl halides is 2. The molecule has 0 saturated carbocycles. The molecule has 1 N–H and O–H groups in total. The number of benzene rings is 2. The van der Waals surface area contributed by atoms with Crippen LogP contribution in [0.4, 0.5) is 13.2 Å². The van der Waals surface area contributed by atoms with Gasteiger partial charge in [0.05, 0.1) is 7.11 Å². The lowest BCUT2D eigenvalue weighted by Crippen LogP contribution is -2.42. The van der Waals surface area contributed by atoms with Crippen LogP contribution in [0.3, 0.4) is 0 Å². The van der Waals surface area contributed by atoms with E-state index in [1.807, 2.05) is 12.1 Å². The van der Waals surface area contributed by atoms with E-state index in [0.717, 1.165) is 24.0 Å². The Morgan fingerprint density at radius 1 is 1.07 bits per heavy atom. The summed E-state index contributed by atoms with van der Waals surface area (Å²) in [6.07, 6.45) is 1.65. The van der Waals surface area contributed by atoms with E-state index in [1.54, 1.807) is 18.2 Å². The summed E-state index contributed by atoms with van der Waals surface area (Å²) >= 11 is 0. The second kappa shape index (κ2) is 9.30. The van der Waals surface area contributed by atoms with Crippen LogP contribution in [-0.4, -0.2) is 33.5 Å². The highest BCUT2D eigenvalue weighted by atomic mass is 19.3. The van der Waals surface area contributed by atoms with Crippen LogP contribution in [0.2, 0.25) is 0 Å². The second-order valence-corrected chi connectivity index (χ2v) is 6.87. The Labute approximate surface area is 162 Å². The van der Waals surface area contributed by atoms with Gasteiger partial charge in [-0.25, -0.2) is 4.39 Å². The standard InChI is InChI=1S/C21H24F3NO3/c1-26-18-7-2-15(12-19(18)28-20(23)24)13-25-14-21(8-10-27-11-9-21)16-3-5-17(22)6-4-16/h2-7,12,20,25H,8-11,13-14H2,1H3. The number of hydrogen-bond acceptors (Lipinski definition) is 4. The molecule has 0 aliphatic carbocycles. The summed E-state index contributed by atoms with van der Waals surface area (Å²) in [5.74, 6) is 0.0103. The molecule has 7 heteroatoms. The number of hydrogen-bond donors (Lipinski definition) is 1. The monoisotopic (exact) mass is 395 g/mol. The molecule has 3 rings (SSSR count). The Hall–Kier alpha value is -2.25. The number of halogens is 3. The van der Waals surface area contributed by atoms with Gasteiger partial charge < -0.3 is 19.5 Å². The van der Waals surface area contributed by atoms with E-state index in [1.165, 1.54) is 19.2 Å². The van der Waals surface area contributed by atoms with Crippen molar-refractivity contribution in [2.75, 3.05) is 26.9 Å². The van der Waals surface area contributed by atoms with Gasteiger partial charge in [-0.05, 0) is 48.2 Å². The molecule has 0 unspecified atom stereocenters. The van der Waals surface area contributed by atoms with Crippen molar-refractivity contribution in [3.8, 4) is 11.5 Å². The Kier molecular flexibility index (Phi) is 6.80. The summed E-state index contributed by atoms with van der Waals surface area (Å²) in [6, 6.07) is 11.6. The molecule has 0 radical (unpaired) electrons. The molecule has 0 atom stereocenters. The number of ether oxygens (including phenoxy) is 3. The molecule has 0 bridgehead atoms. The summed E-state index contributed by atoms with van der Waals surface area (Å²) in [7, 11) is 1.41. The zero-order valence-corrected chi connectivity index (χ0v) is 15.7. The quantitative estimate of drug-likeness (QED) is 0.725. The predicted octanol–water partition coefficient (Wildman–Crippen LogP) is 4.27. The zero-order valence-electron chi connectivity index (χ0n) is 15.7. The van der Waals surface area contributed by atoms with Crippen molar-refractivity contribution in [3.63, 3.8) is 0 Å². The van der Waals surface area contributed by atoms with Gasteiger partial charge in [0.2, 0.25) is 0 Å². The van der Waals surface area contributed by atoms with E-state index >= 15 is 0 Å². The van der Waals surface area contributed by atoms with E-state index in [-0.39, 0.29) is 22.7 Å². The molecule has 1 fully saturated rings. The minimum atomic E-state index is -2.92. The maximum absolute atomic E-state index is 13.3. The van der Waals surface area contributed by atoms with E-state index in [4.69, 9.17) is 9.47 Å². The summed E-state index contributed by atoms with van der Waals surface area (Å²) in [4.78, 5) is 0. The van der Waals surface area contributed by atoms with E-state index < -0.39 is 6.61 Å². The van der Waals surface area contributed by atoms with Gasteiger partial charge in [0.15, 0.2) is 11.5 Å². The summed E-state index contributed by atoms with van der Waals surface area (Å²) in [6.45, 7) is -0.477. The molecule has 28 heavy (non-hydrogen) atoms. The molecule has 4 nitrogen and oxygen atoms in total. The maximum atomic E-state index is 13.3. The second-order valence-electron chi connectivity index (χ2n) is 6.87. The Bertz CT molecular complexity index is 762. The van der Waals surface area contributed by atoms with E-state index in [9.17, 15) is 13.2 Å². The summed E-state index contributed by atoms with van der Waals surface area (Å²) in [5, 5.41) is 3.41. The molecule has 1 heterocycles. The van der Waals surface area contributed by atoms with Crippen LogP contribution < -0.4 is 14.8 Å². The van der Waals surface area contributed by atoms with Gasteiger partial charge in [0.25, 0.3) is 0 Å². The lowest BCUT2D eigenvalue weighted by Gasteiger charge is -2.38. The first-order valence-electron chi connectivity index (χ1n) is 9.19. The average molecular weight is 395 g/mol. The van der Waals surface area contributed by atoms with Gasteiger partial charge >= 0.3 is 6.61 Å². The van der Waals surface area contributed by atoms with Gasteiger partial charge in [0.1, 0.15) is 5.82 Å². The molecule has 0 amide bonds. The lowest BCUT2D eigenvalue weighted by molar-refractivity contribution is -0.0512. The Morgan fingerprint density at radius 3 is 2.43 bits per heavy atom. The molecular formula is C21H24F3NO3. The van der Waals surface area contributed by atoms with Crippen LogP contribution >= 0.6 is 0 Å². The molecule has 1 aliphatic heterocycles. The zero-order chi connectivity index (χ0) is 20.0. The molecular weight excluding hydrogens is 371 g/mol. The molecule has 2 aromatic carbocycles. The van der Waals surface area contributed by atoms with E-state index in [2.05, 4.69) is 10.1 Å². The molecule has 2 aromatic rings. The van der Waals surface area contributed by atoms with Crippen molar-refractivity contribution in [3.05, 3.63) is 59.4 Å². The highest BCUT2D eigenvalue weighted by molar-refractivity contribution is 5.43. The van der Waals surface area contributed by atoms with Crippen LogP contribution in [0.25, 0.3) is 0 Å². The van der Waals surface area contributed by atoms with Gasteiger partial charge in [-0.3, -0.25) is 0 Å². The van der Waals surface area contributed by atoms with Crippen LogP contribution in [0.15, 0.2) is 42.5 Å². The van der Waals surface area contributed by atoms with Crippen molar-refractivity contribution in [1.29, 1.82) is 0 Å².